The number of halogens is 2. The van der Waals surface area contributed by atoms with Crippen molar-refractivity contribution in [1.82, 2.24) is 19.5 Å². The van der Waals surface area contributed by atoms with Crippen LogP contribution in [-0.2, 0) is 16.0 Å². The Morgan fingerprint density at radius 2 is 2.12 bits per heavy atom. The monoisotopic (exact) mass is 367 g/mol. The summed E-state index contributed by atoms with van der Waals surface area (Å²) in [6.07, 6.45) is 0.461. The molecular weight excluding hydrogens is 351 g/mol. The van der Waals surface area contributed by atoms with Gasteiger partial charge in [0.15, 0.2) is 11.2 Å². The predicted octanol–water partition coefficient (Wildman–Crippen LogP) is 0.617. The van der Waals surface area contributed by atoms with Gasteiger partial charge in [0.25, 0.3) is 5.56 Å². The molecule has 0 spiro atoms. The first-order valence-corrected chi connectivity index (χ1v) is 8.45. The summed E-state index contributed by atoms with van der Waals surface area (Å²) >= 11 is 0. The summed E-state index contributed by atoms with van der Waals surface area (Å²) in [5.74, 6) is -0.0751. The number of alkyl halides is 2. The third kappa shape index (κ3) is 4.15. The summed E-state index contributed by atoms with van der Waals surface area (Å²) in [5.41, 5.74) is 1.24. The Bertz CT molecular complexity index is 817. The quantitative estimate of drug-likeness (QED) is 0.391. The lowest BCUT2D eigenvalue weighted by molar-refractivity contribution is 0.0394. The van der Waals surface area contributed by atoms with Crippen molar-refractivity contribution in [2.45, 2.75) is 31.7 Å². The van der Waals surface area contributed by atoms with Gasteiger partial charge >= 0.3 is 13.3 Å². The Kier molecular flexibility index (Phi) is 5.33. The molecule has 2 aromatic heterocycles. The fraction of sp³-hybridized carbons (Fsp3) is 0.545. The third-order valence-corrected chi connectivity index (χ3v) is 4.24. The van der Waals surface area contributed by atoms with Crippen LogP contribution in [0.2, 0.25) is 0 Å². The molecule has 134 valence electrons. The molecule has 10 nitrogen and oxygen atoms in total. The van der Waals surface area contributed by atoms with Crippen LogP contribution < -0.4 is 11.3 Å². The minimum Gasteiger partial charge on any atom is -0.369 e. The molecule has 0 radical (unpaired) electrons. The Morgan fingerprint density at radius 1 is 1.42 bits per heavy atom. The number of ether oxygens (including phenoxy) is 1. The van der Waals surface area contributed by atoms with Gasteiger partial charge in [0, 0.05) is 13.0 Å². The SMILES string of the molecule is Nc1nc2c(ncn2COCCCCC(F)(F)P(=O)(O)O)c(=O)[nH]1. The van der Waals surface area contributed by atoms with E-state index in [4.69, 9.17) is 20.3 Å². The number of H-pyrrole nitrogens is 1. The van der Waals surface area contributed by atoms with E-state index in [2.05, 4.69) is 15.0 Å². The van der Waals surface area contributed by atoms with Crippen molar-refractivity contribution >= 4 is 24.7 Å². The molecule has 5 N–H and O–H groups in total. The Balaban J connectivity index is 1.82. The maximum Gasteiger partial charge on any atom is 0.394 e. The zero-order valence-corrected chi connectivity index (χ0v) is 13.2. The first-order chi connectivity index (χ1) is 11.1. The number of nitrogens with one attached hydrogen (secondary N) is 1. The second-order valence-corrected chi connectivity index (χ2v) is 6.78. The number of nitrogens with two attached hydrogens (primary N) is 1. The molecule has 0 saturated heterocycles. The molecular formula is C11H16F2N5O5P. The molecule has 2 aromatic rings. The number of aromatic amines is 1. The van der Waals surface area contributed by atoms with Crippen molar-refractivity contribution in [1.29, 1.82) is 0 Å². The third-order valence-electron chi connectivity index (χ3n) is 3.17. The standard InChI is InChI=1S/C11H16F2N5O5P/c12-11(13,24(20,21)22)3-1-2-4-23-6-18-5-15-7-8(18)16-10(14)17-9(7)19/h5H,1-4,6H2,(H2,20,21,22)(H3,14,16,17,19). The number of hydrogen-bond donors (Lipinski definition) is 4. The highest BCUT2D eigenvalue weighted by Crippen LogP contribution is 2.55. The van der Waals surface area contributed by atoms with Gasteiger partial charge in [-0.05, 0) is 12.8 Å². The van der Waals surface area contributed by atoms with Gasteiger partial charge in [0.2, 0.25) is 5.95 Å². The fourth-order valence-corrected chi connectivity index (χ4v) is 2.37. The molecule has 0 aliphatic heterocycles. The van der Waals surface area contributed by atoms with Crippen molar-refractivity contribution in [2.75, 3.05) is 12.3 Å². The Labute approximate surface area is 133 Å². The number of rotatable bonds is 8. The summed E-state index contributed by atoms with van der Waals surface area (Å²) in [7, 11) is -5.44. The van der Waals surface area contributed by atoms with Gasteiger partial charge in [-0.1, -0.05) is 0 Å². The lowest BCUT2D eigenvalue weighted by Gasteiger charge is -2.17. The lowest BCUT2D eigenvalue weighted by Crippen LogP contribution is -2.16. The van der Waals surface area contributed by atoms with E-state index in [1.54, 1.807) is 0 Å². The second kappa shape index (κ2) is 6.93. The smallest absolute Gasteiger partial charge is 0.369 e. The van der Waals surface area contributed by atoms with Gasteiger partial charge in [-0.15, -0.1) is 0 Å². The molecule has 0 atom stereocenters. The van der Waals surface area contributed by atoms with Gasteiger partial charge in [0.05, 0.1) is 6.33 Å². The summed E-state index contributed by atoms with van der Waals surface area (Å²) in [5, 5.41) is 0. The van der Waals surface area contributed by atoms with Gasteiger partial charge in [0.1, 0.15) is 6.73 Å². The highest BCUT2D eigenvalue weighted by molar-refractivity contribution is 7.53. The van der Waals surface area contributed by atoms with Gasteiger partial charge in [-0.3, -0.25) is 18.9 Å². The molecule has 0 unspecified atom stereocenters. The molecule has 0 saturated carbocycles. The Morgan fingerprint density at radius 3 is 2.79 bits per heavy atom. The molecule has 0 amide bonds. The molecule has 0 aliphatic carbocycles. The van der Waals surface area contributed by atoms with Gasteiger partial charge in [-0.2, -0.15) is 13.8 Å². The van der Waals surface area contributed by atoms with E-state index in [1.807, 2.05) is 0 Å². The highest BCUT2D eigenvalue weighted by Gasteiger charge is 2.47. The maximum atomic E-state index is 13.0. The summed E-state index contributed by atoms with van der Waals surface area (Å²) in [6.45, 7) is 0.0524. The first kappa shape index (κ1) is 18.5. The number of nitrogen functional groups attached to an aromatic ring is 1. The van der Waals surface area contributed by atoms with Crippen LogP contribution in [0.5, 0.6) is 0 Å². The molecule has 24 heavy (non-hydrogen) atoms. The number of imidazole rings is 1. The van der Waals surface area contributed by atoms with E-state index in [9.17, 15) is 18.1 Å². The highest BCUT2D eigenvalue weighted by atomic mass is 31.2. The topological polar surface area (TPSA) is 156 Å². The summed E-state index contributed by atoms with van der Waals surface area (Å²) in [6, 6.07) is 0. The van der Waals surface area contributed by atoms with Gasteiger partial charge < -0.3 is 20.3 Å². The second-order valence-electron chi connectivity index (χ2n) is 5.04. The fourth-order valence-electron chi connectivity index (χ4n) is 1.92. The van der Waals surface area contributed by atoms with E-state index >= 15 is 0 Å². The normalized spacial score (nSPS) is 12.8. The van der Waals surface area contributed by atoms with Gasteiger partial charge in [-0.25, -0.2) is 4.98 Å². The van der Waals surface area contributed by atoms with E-state index in [0.717, 1.165) is 0 Å². The van der Waals surface area contributed by atoms with Crippen LogP contribution in [0.1, 0.15) is 19.3 Å². The number of hydrogen-bond acceptors (Lipinski definition) is 6. The number of fused-ring (bicyclic) bond motifs is 1. The van der Waals surface area contributed by atoms with Crippen LogP contribution >= 0.6 is 7.60 Å². The van der Waals surface area contributed by atoms with E-state index in [-0.39, 0.29) is 43.3 Å². The van der Waals surface area contributed by atoms with Crippen molar-refractivity contribution in [2.24, 2.45) is 0 Å². The van der Waals surface area contributed by atoms with Crippen LogP contribution in [0.4, 0.5) is 14.7 Å². The van der Waals surface area contributed by atoms with Crippen LogP contribution in [0, 0.1) is 0 Å². The average molecular weight is 367 g/mol. The zero-order chi connectivity index (χ0) is 18.0. The maximum absolute atomic E-state index is 13.0. The molecule has 2 rings (SSSR count). The summed E-state index contributed by atoms with van der Waals surface area (Å²) in [4.78, 5) is 38.7. The molecule has 2 heterocycles. The number of unbranched alkanes of at least 4 members (excludes halogenated alkanes) is 1. The molecule has 13 heteroatoms. The van der Waals surface area contributed by atoms with Crippen molar-refractivity contribution in [3.05, 3.63) is 16.7 Å². The number of aromatic nitrogens is 4. The van der Waals surface area contributed by atoms with Crippen LogP contribution in [0.15, 0.2) is 11.1 Å². The van der Waals surface area contributed by atoms with Crippen molar-refractivity contribution < 1.29 is 27.9 Å². The van der Waals surface area contributed by atoms with E-state index in [1.165, 1.54) is 10.9 Å². The molecule has 0 aliphatic rings. The zero-order valence-electron chi connectivity index (χ0n) is 12.4. The Hall–Kier alpha value is -1.88. The summed E-state index contributed by atoms with van der Waals surface area (Å²) < 4.78 is 43.3. The minimum absolute atomic E-state index is 0.0265. The molecule has 0 fully saturated rings. The average Bonchev–Trinajstić information content (AvgIpc) is 2.84. The predicted molar refractivity (Wildman–Crippen MR) is 79.4 cm³/mol. The molecule has 0 bridgehead atoms. The minimum atomic E-state index is -5.44. The molecule has 0 aromatic carbocycles. The largest absolute Gasteiger partial charge is 0.394 e. The van der Waals surface area contributed by atoms with Crippen LogP contribution in [0.3, 0.4) is 0 Å². The van der Waals surface area contributed by atoms with Crippen molar-refractivity contribution in [3.63, 3.8) is 0 Å². The van der Waals surface area contributed by atoms with E-state index < -0.39 is 25.2 Å². The van der Waals surface area contributed by atoms with E-state index in [0.29, 0.717) is 0 Å². The van der Waals surface area contributed by atoms with Crippen LogP contribution in [0.25, 0.3) is 11.2 Å². The van der Waals surface area contributed by atoms with Crippen LogP contribution in [-0.4, -0.2) is 41.6 Å². The van der Waals surface area contributed by atoms with Crippen molar-refractivity contribution in [3.8, 4) is 0 Å². The first-order valence-electron chi connectivity index (χ1n) is 6.83. The number of nitrogens with zero attached hydrogens (tertiary/aromatic N) is 3. The lowest BCUT2D eigenvalue weighted by atomic mass is 10.2. The number of anilines is 1.